The average Bonchev–Trinajstić information content (AvgIpc) is 2.78. The number of carbonyl (C=O) groups is 1. The van der Waals surface area contributed by atoms with Crippen molar-refractivity contribution in [3.8, 4) is 11.5 Å². The largest absolute Gasteiger partial charge is 0.486 e. The van der Waals surface area contributed by atoms with Gasteiger partial charge in [0.15, 0.2) is 11.5 Å². The fraction of sp³-hybridized carbons (Fsp3) is 0.476. The van der Waals surface area contributed by atoms with E-state index in [1.807, 2.05) is 0 Å². The molecule has 0 aliphatic carbocycles. The predicted octanol–water partition coefficient (Wildman–Crippen LogP) is 0.719. The predicted molar refractivity (Wildman–Crippen MR) is 119 cm³/mol. The van der Waals surface area contributed by atoms with Crippen LogP contribution in [0.2, 0.25) is 5.02 Å². The van der Waals surface area contributed by atoms with Crippen molar-refractivity contribution in [1.29, 1.82) is 0 Å². The highest BCUT2D eigenvalue weighted by atomic mass is 35.5. The third-order valence-electron chi connectivity index (χ3n) is 5.57. The minimum atomic E-state index is -0.563. The minimum Gasteiger partial charge on any atom is -0.486 e. The van der Waals surface area contributed by atoms with Gasteiger partial charge in [0, 0.05) is 55.4 Å². The number of aromatic nitrogens is 2. The van der Waals surface area contributed by atoms with Gasteiger partial charge in [0.2, 0.25) is 5.95 Å². The van der Waals surface area contributed by atoms with Crippen molar-refractivity contribution < 1.29 is 19.4 Å². The lowest BCUT2D eigenvalue weighted by Crippen LogP contribution is -2.48. The molecule has 3 heterocycles. The first-order valence-corrected chi connectivity index (χ1v) is 10.9. The highest BCUT2D eigenvalue weighted by molar-refractivity contribution is 6.31. The molecule has 0 spiro atoms. The third kappa shape index (κ3) is 5.50. The summed E-state index contributed by atoms with van der Waals surface area (Å²) in [4.78, 5) is 32.8. The van der Waals surface area contributed by atoms with Crippen LogP contribution in [-0.4, -0.2) is 77.9 Å². The van der Waals surface area contributed by atoms with Crippen molar-refractivity contribution in [2.75, 3.05) is 51.3 Å². The number of fused-ring (bicyclic) bond motifs is 1. The van der Waals surface area contributed by atoms with Gasteiger partial charge in [0.05, 0.1) is 11.7 Å². The third-order valence-corrected chi connectivity index (χ3v) is 5.79. The number of carbonyl (C=O) groups excluding carboxylic acids is 1. The van der Waals surface area contributed by atoms with Gasteiger partial charge in [-0.25, -0.2) is 4.98 Å². The number of aliphatic hydroxyl groups is 1. The Balaban J connectivity index is 1.25. The van der Waals surface area contributed by atoms with Gasteiger partial charge >= 0.3 is 0 Å². The van der Waals surface area contributed by atoms with Crippen LogP contribution < -0.4 is 25.7 Å². The summed E-state index contributed by atoms with van der Waals surface area (Å²) in [6.07, 6.45) is 1.63. The number of nitrogens with zero attached hydrogens (tertiary/aromatic N) is 2. The number of aliphatic hydroxyl groups excluding tert-OH is 1. The van der Waals surface area contributed by atoms with Gasteiger partial charge in [-0.1, -0.05) is 11.6 Å². The van der Waals surface area contributed by atoms with Gasteiger partial charge in [-0.05, 0) is 19.0 Å². The van der Waals surface area contributed by atoms with Crippen LogP contribution in [0.5, 0.6) is 11.5 Å². The lowest BCUT2D eigenvalue weighted by atomic mass is 9.93. The molecule has 1 aromatic carbocycles. The molecular weight excluding hydrogens is 438 g/mol. The van der Waals surface area contributed by atoms with Crippen LogP contribution in [0.25, 0.3) is 0 Å². The second-order valence-electron chi connectivity index (χ2n) is 7.81. The molecule has 2 atom stereocenters. The second-order valence-corrected chi connectivity index (χ2v) is 8.25. The summed E-state index contributed by atoms with van der Waals surface area (Å²) in [5.74, 6) is 0.925. The molecule has 1 fully saturated rings. The Bertz CT molecular complexity index is 1020. The van der Waals surface area contributed by atoms with E-state index in [4.69, 9.17) is 21.1 Å². The van der Waals surface area contributed by atoms with Crippen LogP contribution in [0, 0.1) is 5.92 Å². The molecule has 32 heavy (non-hydrogen) atoms. The number of hydrogen-bond donors (Lipinski definition) is 4. The van der Waals surface area contributed by atoms with Crippen LogP contribution in [0.4, 0.5) is 5.95 Å². The highest BCUT2D eigenvalue weighted by Gasteiger charge is 2.29. The van der Waals surface area contributed by atoms with Gasteiger partial charge in [0.1, 0.15) is 13.2 Å². The number of ether oxygens (including phenoxy) is 2. The number of anilines is 1. The van der Waals surface area contributed by atoms with E-state index >= 15 is 0 Å². The normalized spacial score (nSPS) is 20.6. The SMILES string of the molecule is O=C(NC[C@@H]1CCN(CCNc2nccc(=O)[nH]2)C[C@H]1O)c1cc(Cl)cc2c1OCCO2. The molecule has 4 rings (SSSR count). The summed E-state index contributed by atoms with van der Waals surface area (Å²) < 4.78 is 11.1. The van der Waals surface area contributed by atoms with E-state index < -0.39 is 6.10 Å². The highest BCUT2D eigenvalue weighted by Crippen LogP contribution is 2.36. The maximum absolute atomic E-state index is 12.7. The van der Waals surface area contributed by atoms with E-state index in [2.05, 4.69) is 25.5 Å². The monoisotopic (exact) mass is 463 g/mol. The summed E-state index contributed by atoms with van der Waals surface area (Å²) in [7, 11) is 0. The van der Waals surface area contributed by atoms with Crippen LogP contribution in [0.1, 0.15) is 16.8 Å². The quantitative estimate of drug-likeness (QED) is 0.473. The number of rotatable bonds is 7. The zero-order valence-electron chi connectivity index (χ0n) is 17.5. The van der Waals surface area contributed by atoms with Crippen molar-refractivity contribution in [2.45, 2.75) is 12.5 Å². The molecule has 10 nitrogen and oxygen atoms in total. The second kappa shape index (κ2) is 10.2. The number of aromatic amines is 1. The molecule has 0 bridgehead atoms. The molecule has 1 saturated heterocycles. The summed E-state index contributed by atoms with van der Waals surface area (Å²) in [5.41, 5.74) is 0.121. The topological polar surface area (TPSA) is 129 Å². The Morgan fingerprint density at radius 1 is 1.34 bits per heavy atom. The number of likely N-dealkylation sites (tertiary alicyclic amines) is 1. The fourth-order valence-corrected chi connectivity index (χ4v) is 4.10. The molecular formula is C21H26ClN5O5. The van der Waals surface area contributed by atoms with E-state index in [9.17, 15) is 14.7 Å². The Kier molecular flexibility index (Phi) is 7.13. The number of nitrogens with one attached hydrogen (secondary N) is 3. The first kappa shape index (κ1) is 22.4. The number of benzene rings is 1. The van der Waals surface area contributed by atoms with E-state index in [1.54, 1.807) is 12.1 Å². The molecule has 172 valence electrons. The Morgan fingerprint density at radius 3 is 3.00 bits per heavy atom. The van der Waals surface area contributed by atoms with Gasteiger partial charge in [-0.2, -0.15) is 0 Å². The van der Waals surface area contributed by atoms with Crippen molar-refractivity contribution >= 4 is 23.5 Å². The van der Waals surface area contributed by atoms with Crippen LogP contribution >= 0.6 is 11.6 Å². The lowest BCUT2D eigenvalue weighted by Gasteiger charge is -2.36. The molecule has 0 unspecified atom stereocenters. The van der Waals surface area contributed by atoms with Crippen LogP contribution in [-0.2, 0) is 0 Å². The van der Waals surface area contributed by atoms with Crippen molar-refractivity contribution in [1.82, 2.24) is 20.2 Å². The van der Waals surface area contributed by atoms with Crippen molar-refractivity contribution in [2.24, 2.45) is 5.92 Å². The molecule has 4 N–H and O–H groups in total. The Labute approximate surface area is 189 Å². The van der Waals surface area contributed by atoms with Crippen LogP contribution in [0.3, 0.4) is 0 Å². The number of H-pyrrole nitrogens is 1. The van der Waals surface area contributed by atoms with Crippen molar-refractivity contribution in [3.05, 3.63) is 45.3 Å². The van der Waals surface area contributed by atoms with E-state index in [-0.39, 0.29) is 17.4 Å². The molecule has 1 amide bonds. The maximum atomic E-state index is 12.7. The Morgan fingerprint density at radius 2 is 2.19 bits per heavy atom. The number of β-amino-alcohol motifs (C(OH)–C–C–N with tert-alkyl or cyclic N) is 1. The van der Waals surface area contributed by atoms with E-state index in [0.717, 1.165) is 13.0 Å². The molecule has 1 aromatic heterocycles. The zero-order chi connectivity index (χ0) is 22.5. The summed E-state index contributed by atoms with van der Waals surface area (Å²) in [6, 6.07) is 4.55. The van der Waals surface area contributed by atoms with E-state index in [1.165, 1.54) is 12.3 Å². The standard InChI is InChI=1S/C21H26ClN5O5/c22-14-9-15(19-17(10-14)31-7-8-32-19)20(30)25-11-13-2-5-27(12-16(13)28)6-4-24-21-23-3-1-18(29)26-21/h1,3,9-10,13,16,28H,2,4-8,11-12H2,(H,25,30)(H2,23,24,26,29)/t13-,16+/m0/s1. The van der Waals surface area contributed by atoms with Crippen molar-refractivity contribution in [3.63, 3.8) is 0 Å². The zero-order valence-corrected chi connectivity index (χ0v) is 18.2. The van der Waals surface area contributed by atoms with Crippen LogP contribution in [0.15, 0.2) is 29.2 Å². The number of piperidine rings is 1. The lowest BCUT2D eigenvalue weighted by molar-refractivity contribution is 0.0237. The number of amides is 1. The molecule has 2 aliphatic rings. The van der Waals surface area contributed by atoms with Gasteiger partial charge in [-0.15, -0.1) is 0 Å². The first-order chi connectivity index (χ1) is 15.5. The fourth-order valence-electron chi connectivity index (χ4n) is 3.89. The maximum Gasteiger partial charge on any atom is 0.255 e. The smallest absolute Gasteiger partial charge is 0.255 e. The van der Waals surface area contributed by atoms with Gasteiger partial charge < -0.3 is 25.2 Å². The average molecular weight is 464 g/mol. The van der Waals surface area contributed by atoms with Gasteiger partial charge in [-0.3, -0.25) is 19.5 Å². The Hall–Kier alpha value is -2.82. The summed E-state index contributed by atoms with van der Waals surface area (Å²) in [5, 5.41) is 16.9. The van der Waals surface area contributed by atoms with Gasteiger partial charge in [0.25, 0.3) is 11.5 Å². The minimum absolute atomic E-state index is 0.0533. The molecule has 11 heteroatoms. The molecule has 0 radical (unpaired) electrons. The summed E-state index contributed by atoms with van der Waals surface area (Å²) >= 11 is 6.11. The molecule has 2 aromatic rings. The van der Waals surface area contributed by atoms with E-state index in [0.29, 0.717) is 67.4 Å². The number of halogens is 1. The molecule has 0 saturated carbocycles. The first-order valence-electron chi connectivity index (χ1n) is 10.6. The number of hydrogen-bond acceptors (Lipinski definition) is 8. The summed E-state index contributed by atoms with van der Waals surface area (Å²) in [6.45, 7) is 3.71. The molecule has 2 aliphatic heterocycles.